The van der Waals surface area contributed by atoms with Gasteiger partial charge in [0.1, 0.15) is 10.9 Å². The highest BCUT2D eigenvalue weighted by Crippen LogP contribution is 2.25. The van der Waals surface area contributed by atoms with Crippen molar-refractivity contribution in [3.05, 3.63) is 52.2 Å². The number of furan rings is 1. The maximum Gasteiger partial charge on any atom is 0.252 e. The molecule has 3 rings (SSSR count). The van der Waals surface area contributed by atoms with Crippen LogP contribution in [-0.2, 0) is 0 Å². The van der Waals surface area contributed by atoms with Gasteiger partial charge in [0.25, 0.3) is 5.91 Å². The van der Waals surface area contributed by atoms with E-state index in [-0.39, 0.29) is 22.1 Å². The van der Waals surface area contributed by atoms with E-state index in [0.29, 0.717) is 12.1 Å². The summed E-state index contributed by atoms with van der Waals surface area (Å²) in [6.45, 7) is 2.48. The van der Waals surface area contributed by atoms with Gasteiger partial charge in [0.2, 0.25) is 0 Å². The van der Waals surface area contributed by atoms with E-state index in [1.807, 2.05) is 12.1 Å². The molecule has 0 aliphatic carbocycles. The van der Waals surface area contributed by atoms with E-state index in [1.165, 1.54) is 31.5 Å². The molecule has 1 N–H and O–H groups in total. The molecule has 1 aliphatic rings. The highest BCUT2D eigenvalue weighted by atomic mass is 35.5. The molecule has 1 aliphatic heterocycles. The minimum atomic E-state index is -0.227. The molecule has 128 valence electrons. The van der Waals surface area contributed by atoms with Crippen LogP contribution < -0.4 is 5.32 Å². The van der Waals surface area contributed by atoms with Crippen LogP contribution in [0.25, 0.3) is 0 Å². The van der Waals surface area contributed by atoms with Gasteiger partial charge in [0.15, 0.2) is 0 Å². The summed E-state index contributed by atoms with van der Waals surface area (Å²) in [5.74, 6) is 0.638. The fraction of sp³-hybridized carbons (Fsp3) is 0.412. The maximum absolute atomic E-state index is 12.4. The first-order chi connectivity index (χ1) is 11.6. The SMILES string of the molecule is O=C(NC[C@@H](c1ccco1)N1CCCCC1)c1cnc(Cl)c(Cl)c1. The topological polar surface area (TPSA) is 58.4 Å². The smallest absolute Gasteiger partial charge is 0.252 e. The minimum Gasteiger partial charge on any atom is -0.468 e. The number of rotatable bonds is 5. The molecule has 0 saturated carbocycles. The summed E-state index contributed by atoms with van der Waals surface area (Å²) in [6, 6.07) is 5.37. The summed E-state index contributed by atoms with van der Waals surface area (Å²) in [7, 11) is 0. The van der Waals surface area contributed by atoms with Crippen molar-refractivity contribution in [2.24, 2.45) is 0 Å². The molecular weight excluding hydrogens is 349 g/mol. The third-order valence-corrected chi connectivity index (χ3v) is 4.90. The van der Waals surface area contributed by atoms with Crippen LogP contribution in [0.2, 0.25) is 10.2 Å². The lowest BCUT2D eigenvalue weighted by Crippen LogP contribution is -2.40. The second-order valence-corrected chi connectivity index (χ2v) is 6.60. The number of pyridine rings is 1. The Balaban J connectivity index is 1.68. The second-order valence-electron chi connectivity index (χ2n) is 5.83. The van der Waals surface area contributed by atoms with Gasteiger partial charge >= 0.3 is 0 Å². The Morgan fingerprint density at radius 1 is 1.33 bits per heavy atom. The number of halogens is 2. The lowest BCUT2D eigenvalue weighted by atomic mass is 10.1. The number of hydrogen-bond acceptors (Lipinski definition) is 4. The normalized spacial score (nSPS) is 16.8. The summed E-state index contributed by atoms with van der Waals surface area (Å²) >= 11 is 11.7. The van der Waals surface area contributed by atoms with Gasteiger partial charge in [-0.15, -0.1) is 0 Å². The van der Waals surface area contributed by atoms with Crippen molar-refractivity contribution in [1.82, 2.24) is 15.2 Å². The molecule has 0 radical (unpaired) electrons. The zero-order valence-corrected chi connectivity index (χ0v) is 14.7. The number of piperidine rings is 1. The van der Waals surface area contributed by atoms with Crippen molar-refractivity contribution >= 4 is 29.1 Å². The van der Waals surface area contributed by atoms with Gasteiger partial charge in [-0.3, -0.25) is 9.69 Å². The largest absolute Gasteiger partial charge is 0.468 e. The van der Waals surface area contributed by atoms with Crippen molar-refractivity contribution in [3.8, 4) is 0 Å². The molecule has 24 heavy (non-hydrogen) atoms. The molecule has 0 aromatic carbocycles. The molecule has 0 bridgehead atoms. The standard InChI is InChI=1S/C17H19Cl2N3O2/c18-13-9-12(10-20-16(13)19)17(23)21-11-14(15-5-4-8-24-15)22-6-2-1-3-7-22/h4-5,8-10,14H,1-3,6-7,11H2,(H,21,23)/t14-/m0/s1. The number of carbonyl (C=O) groups is 1. The summed E-state index contributed by atoms with van der Waals surface area (Å²) in [5.41, 5.74) is 0.390. The van der Waals surface area contributed by atoms with E-state index in [0.717, 1.165) is 18.8 Å². The average Bonchev–Trinajstić information content (AvgIpc) is 3.12. The monoisotopic (exact) mass is 367 g/mol. The summed E-state index contributed by atoms with van der Waals surface area (Å²) in [6.07, 6.45) is 6.68. The number of hydrogen-bond donors (Lipinski definition) is 1. The third-order valence-electron chi connectivity index (χ3n) is 4.22. The highest BCUT2D eigenvalue weighted by Gasteiger charge is 2.25. The molecule has 1 saturated heterocycles. The first-order valence-electron chi connectivity index (χ1n) is 8.02. The van der Waals surface area contributed by atoms with Crippen LogP contribution in [0.1, 0.15) is 41.4 Å². The zero-order chi connectivity index (χ0) is 16.9. The van der Waals surface area contributed by atoms with Crippen molar-refractivity contribution in [2.75, 3.05) is 19.6 Å². The summed E-state index contributed by atoms with van der Waals surface area (Å²) in [5, 5.41) is 3.41. The molecular formula is C17H19Cl2N3O2. The fourth-order valence-corrected chi connectivity index (χ4v) is 3.23. The van der Waals surface area contributed by atoms with Crippen LogP contribution in [0.4, 0.5) is 0 Å². The van der Waals surface area contributed by atoms with Crippen molar-refractivity contribution in [1.29, 1.82) is 0 Å². The van der Waals surface area contributed by atoms with Crippen molar-refractivity contribution < 1.29 is 9.21 Å². The molecule has 1 amide bonds. The van der Waals surface area contributed by atoms with Crippen LogP contribution in [0.5, 0.6) is 0 Å². The number of nitrogens with one attached hydrogen (secondary N) is 1. The predicted octanol–water partition coefficient (Wildman–Crippen LogP) is 3.94. The first kappa shape index (κ1) is 17.3. The van der Waals surface area contributed by atoms with Crippen LogP contribution in [-0.4, -0.2) is 35.4 Å². The Hall–Kier alpha value is -1.56. The summed E-state index contributed by atoms with van der Waals surface area (Å²) < 4.78 is 5.58. The van der Waals surface area contributed by atoms with E-state index in [9.17, 15) is 4.79 Å². The van der Waals surface area contributed by atoms with Crippen LogP contribution in [0, 0.1) is 0 Å². The van der Waals surface area contributed by atoms with Gasteiger partial charge in [-0.25, -0.2) is 4.98 Å². The Kier molecular flexibility index (Phi) is 5.76. The molecule has 2 aromatic heterocycles. The van der Waals surface area contributed by atoms with Crippen LogP contribution in [0.15, 0.2) is 35.1 Å². The second kappa shape index (κ2) is 8.01. The van der Waals surface area contributed by atoms with Crippen LogP contribution in [0.3, 0.4) is 0 Å². The van der Waals surface area contributed by atoms with Gasteiger partial charge in [0, 0.05) is 12.7 Å². The van der Waals surface area contributed by atoms with E-state index < -0.39 is 0 Å². The third kappa shape index (κ3) is 4.09. The lowest BCUT2D eigenvalue weighted by molar-refractivity contribution is 0.0914. The molecule has 2 aromatic rings. The first-order valence-corrected chi connectivity index (χ1v) is 8.77. The highest BCUT2D eigenvalue weighted by molar-refractivity contribution is 6.41. The van der Waals surface area contributed by atoms with E-state index in [2.05, 4.69) is 15.2 Å². The number of nitrogens with zero attached hydrogens (tertiary/aromatic N) is 2. The van der Waals surface area contributed by atoms with E-state index in [4.69, 9.17) is 27.6 Å². The van der Waals surface area contributed by atoms with Gasteiger partial charge in [0.05, 0.1) is 22.9 Å². The van der Waals surface area contributed by atoms with E-state index in [1.54, 1.807) is 6.26 Å². The number of aromatic nitrogens is 1. The van der Waals surface area contributed by atoms with Crippen LogP contribution >= 0.6 is 23.2 Å². The van der Waals surface area contributed by atoms with Crippen molar-refractivity contribution in [3.63, 3.8) is 0 Å². The van der Waals surface area contributed by atoms with Gasteiger partial charge in [-0.05, 0) is 44.1 Å². The molecule has 1 atom stereocenters. The van der Waals surface area contributed by atoms with Gasteiger partial charge < -0.3 is 9.73 Å². The fourth-order valence-electron chi connectivity index (χ4n) is 2.96. The van der Waals surface area contributed by atoms with Gasteiger partial charge in [-0.2, -0.15) is 0 Å². The average molecular weight is 368 g/mol. The Labute approximate surface area is 150 Å². The number of amides is 1. The minimum absolute atomic E-state index is 0.0278. The molecule has 1 fully saturated rings. The molecule has 7 heteroatoms. The Bertz CT molecular complexity index is 685. The summed E-state index contributed by atoms with van der Waals surface area (Å²) in [4.78, 5) is 18.6. The maximum atomic E-state index is 12.4. The van der Waals surface area contributed by atoms with Gasteiger partial charge in [-0.1, -0.05) is 29.6 Å². The number of likely N-dealkylation sites (tertiary alicyclic amines) is 1. The molecule has 5 nitrogen and oxygen atoms in total. The quantitative estimate of drug-likeness (QED) is 0.813. The molecule has 3 heterocycles. The van der Waals surface area contributed by atoms with Crippen molar-refractivity contribution in [2.45, 2.75) is 25.3 Å². The lowest BCUT2D eigenvalue weighted by Gasteiger charge is -2.33. The van der Waals surface area contributed by atoms with E-state index >= 15 is 0 Å². The predicted molar refractivity (Wildman–Crippen MR) is 93.5 cm³/mol. The zero-order valence-electron chi connectivity index (χ0n) is 13.2. The number of carbonyl (C=O) groups excluding carboxylic acids is 1. The Morgan fingerprint density at radius 2 is 2.12 bits per heavy atom. The molecule has 0 spiro atoms. The molecule has 0 unspecified atom stereocenters. The Morgan fingerprint density at radius 3 is 2.79 bits per heavy atom.